The van der Waals surface area contributed by atoms with Gasteiger partial charge in [-0.2, -0.15) is 0 Å². The maximum atomic E-state index is 11.9. The maximum Gasteiger partial charge on any atom is 0.244 e. The molecule has 0 fully saturated rings. The molecule has 1 aromatic rings. The number of aryl methyl sites for hydroxylation is 1. The van der Waals surface area contributed by atoms with Gasteiger partial charge in [0.25, 0.3) is 0 Å². The molecule has 0 aliphatic rings. The fourth-order valence-electron chi connectivity index (χ4n) is 1.96. The van der Waals surface area contributed by atoms with Gasteiger partial charge in [0.15, 0.2) is 0 Å². The van der Waals surface area contributed by atoms with Gasteiger partial charge in [0.2, 0.25) is 5.91 Å². The van der Waals surface area contributed by atoms with Crippen molar-refractivity contribution in [1.82, 2.24) is 5.32 Å². The van der Waals surface area contributed by atoms with Crippen molar-refractivity contribution in [3.8, 4) is 0 Å². The Morgan fingerprint density at radius 2 is 2.14 bits per heavy atom. The van der Waals surface area contributed by atoms with E-state index in [9.17, 15) is 4.79 Å². The SMILES string of the molecule is Cc1ccc(/C=C/C(=O)NCC(C)(C)CCCO)c(Br)c1. The standard InChI is InChI=1S/C17H24BrNO2/c1-13-5-6-14(15(18)11-13)7-8-16(21)19-12-17(2,3)9-4-10-20/h5-8,11,20H,4,9-10,12H2,1-3H3,(H,19,21)/b8-7+. The Kier molecular flexibility index (Phi) is 7.12. The molecule has 21 heavy (non-hydrogen) atoms. The number of carbonyl (C=O) groups excluding carboxylic acids is 1. The minimum Gasteiger partial charge on any atom is -0.396 e. The van der Waals surface area contributed by atoms with Crippen LogP contribution in [0.3, 0.4) is 0 Å². The molecule has 0 aliphatic heterocycles. The van der Waals surface area contributed by atoms with Gasteiger partial charge in [-0.25, -0.2) is 0 Å². The first kappa shape index (κ1) is 17.9. The summed E-state index contributed by atoms with van der Waals surface area (Å²) in [5, 5.41) is 11.8. The lowest BCUT2D eigenvalue weighted by atomic mass is 9.88. The van der Waals surface area contributed by atoms with Crippen molar-refractivity contribution in [3.05, 3.63) is 39.9 Å². The van der Waals surface area contributed by atoms with Crippen molar-refractivity contribution in [1.29, 1.82) is 0 Å². The van der Waals surface area contributed by atoms with Crippen molar-refractivity contribution in [2.24, 2.45) is 5.41 Å². The fourth-order valence-corrected chi connectivity index (χ4v) is 2.59. The highest BCUT2D eigenvalue weighted by Crippen LogP contribution is 2.21. The van der Waals surface area contributed by atoms with Gasteiger partial charge in [-0.1, -0.05) is 41.9 Å². The predicted molar refractivity (Wildman–Crippen MR) is 91.0 cm³/mol. The molecule has 0 saturated heterocycles. The fraction of sp³-hybridized carbons (Fsp3) is 0.471. The van der Waals surface area contributed by atoms with E-state index in [4.69, 9.17) is 5.11 Å². The summed E-state index contributed by atoms with van der Waals surface area (Å²) in [6.45, 7) is 7.00. The van der Waals surface area contributed by atoms with Crippen LogP contribution in [0.15, 0.2) is 28.7 Å². The van der Waals surface area contributed by atoms with Crippen LogP contribution in [0.4, 0.5) is 0 Å². The van der Waals surface area contributed by atoms with E-state index in [1.165, 1.54) is 5.56 Å². The Balaban J connectivity index is 2.51. The van der Waals surface area contributed by atoms with E-state index in [-0.39, 0.29) is 17.9 Å². The summed E-state index contributed by atoms with van der Waals surface area (Å²) in [6, 6.07) is 6.02. The van der Waals surface area contributed by atoms with Gasteiger partial charge in [0.1, 0.15) is 0 Å². The monoisotopic (exact) mass is 353 g/mol. The molecule has 0 aromatic heterocycles. The summed E-state index contributed by atoms with van der Waals surface area (Å²) in [4.78, 5) is 11.9. The minimum atomic E-state index is -0.0976. The van der Waals surface area contributed by atoms with Gasteiger partial charge in [0.05, 0.1) is 0 Å². The number of aliphatic hydroxyl groups excluding tert-OH is 1. The second-order valence-electron chi connectivity index (χ2n) is 6.07. The number of nitrogens with one attached hydrogen (secondary N) is 1. The van der Waals surface area contributed by atoms with Crippen LogP contribution in [0.5, 0.6) is 0 Å². The molecule has 2 N–H and O–H groups in total. The van der Waals surface area contributed by atoms with E-state index in [0.717, 1.165) is 22.9 Å². The number of rotatable bonds is 7. The molecular formula is C17H24BrNO2. The zero-order chi connectivity index (χ0) is 15.9. The average molecular weight is 354 g/mol. The molecule has 0 bridgehead atoms. The summed E-state index contributed by atoms with van der Waals surface area (Å²) >= 11 is 3.49. The van der Waals surface area contributed by atoms with E-state index in [1.807, 2.05) is 25.1 Å². The molecule has 0 saturated carbocycles. The normalized spacial score (nSPS) is 11.9. The van der Waals surface area contributed by atoms with Crippen molar-refractivity contribution in [3.63, 3.8) is 0 Å². The van der Waals surface area contributed by atoms with E-state index < -0.39 is 0 Å². The Hall–Kier alpha value is -1.13. The minimum absolute atomic E-state index is 0.00330. The van der Waals surface area contributed by atoms with Crippen molar-refractivity contribution in [2.75, 3.05) is 13.2 Å². The second-order valence-corrected chi connectivity index (χ2v) is 6.92. The smallest absolute Gasteiger partial charge is 0.244 e. The summed E-state index contributed by atoms with van der Waals surface area (Å²) in [7, 11) is 0. The number of carbonyl (C=O) groups is 1. The van der Waals surface area contributed by atoms with Crippen LogP contribution in [-0.2, 0) is 4.79 Å². The Morgan fingerprint density at radius 1 is 1.43 bits per heavy atom. The van der Waals surface area contributed by atoms with E-state index in [0.29, 0.717) is 6.54 Å². The summed E-state index contributed by atoms with van der Waals surface area (Å²) in [5.74, 6) is -0.0976. The van der Waals surface area contributed by atoms with Gasteiger partial charge < -0.3 is 10.4 Å². The van der Waals surface area contributed by atoms with Crippen LogP contribution in [-0.4, -0.2) is 24.2 Å². The highest BCUT2D eigenvalue weighted by Gasteiger charge is 2.17. The number of amides is 1. The van der Waals surface area contributed by atoms with E-state index >= 15 is 0 Å². The first-order chi connectivity index (χ1) is 9.84. The molecule has 0 aliphatic carbocycles. The first-order valence-electron chi connectivity index (χ1n) is 7.17. The average Bonchev–Trinajstić information content (AvgIpc) is 2.42. The summed E-state index contributed by atoms with van der Waals surface area (Å²) in [6.07, 6.45) is 5.00. The molecule has 0 atom stereocenters. The highest BCUT2D eigenvalue weighted by molar-refractivity contribution is 9.10. The van der Waals surface area contributed by atoms with Crippen molar-refractivity contribution >= 4 is 27.9 Å². The van der Waals surface area contributed by atoms with Crippen molar-refractivity contribution in [2.45, 2.75) is 33.6 Å². The Bertz CT molecular complexity index is 510. The van der Waals surface area contributed by atoms with Gasteiger partial charge >= 0.3 is 0 Å². The second kappa shape index (κ2) is 8.35. The number of benzene rings is 1. The van der Waals surface area contributed by atoms with Gasteiger partial charge in [-0.3, -0.25) is 4.79 Å². The molecule has 116 valence electrons. The summed E-state index contributed by atoms with van der Waals surface area (Å²) < 4.78 is 0.981. The van der Waals surface area contributed by atoms with Gasteiger partial charge in [-0.15, -0.1) is 0 Å². The zero-order valence-electron chi connectivity index (χ0n) is 12.9. The molecular weight excluding hydrogens is 330 g/mol. The van der Waals surface area contributed by atoms with E-state index in [2.05, 4.69) is 35.1 Å². The Morgan fingerprint density at radius 3 is 2.76 bits per heavy atom. The lowest BCUT2D eigenvalue weighted by molar-refractivity contribution is -0.116. The lowest BCUT2D eigenvalue weighted by Gasteiger charge is -2.24. The van der Waals surface area contributed by atoms with Gasteiger partial charge in [0, 0.05) is 23.7 Å². The number of hydrogen-bond donors (Lipinski definition) is 2. The van der Waals surface area contributed by atoms with Crippen LogP contribution in [0.25, 0.3) is 6.08 Å². The van der Waals surface area contributed by atoms with Crippen LogP contribution < -0.4 is 5.32 Å². The van der Waals surface area contributed by atoms with Crippen LogP contribution in [0.2, 0.25) is 0 Å². The molecule has 3 nitrogen and oxygen atoms in total. The largest absolute Gasteiger partial charge is 0.396 e. The lowest BCUT2D eigenvalue weighted by Crippen LogP contribution is -2.33. The zero-order valence-corrected chi connectivity index (χ0v) is 14.5. The molecule has 1 amide bonds. The highest BCUT2D eigenvalue weighted by atomic mass is 79.9. The molecule has 0 radical (unpaired) electrons. The van der Waals surface area contributed by atoms with Crippen LogP contribution >= 0.6 is 15.9 Å². The van der Waals surface area contributed by atoms with Gasteiger partial charge in [-0.05, 0) is 48.4 Å². The molecule has 0 heterocycles. The summed E-state index contributed by atoms with van der Waals surface area (Å²) in [5.41, 5.74) is 2.15. The third kappa shape index (κ3) is 6.91. The third-order valence-corrected chi connectivity index (χ3v) is 4.01. The van der Waals surface area contributed by atoms with Crippen molar-refractivity contribution < 1.29 is 9.90 Å². The molecule has 0 unspecified atom stereocenters. The van der Waals surface area contributed by atoms with Crippen LogP contribution in [0.1, 0.15) is 37.8 Å². The molecule has 1 rings (SSSR count). The quantitative estimate of drug-likeness (QED) is 0.734. The number of hydrogen-bond acceptors (Lipinski definition) is 2. The topological polar surface area (TPSA) is 49.3 Å². The predicted octanol–water partition coefficient (Wildman–Crippen LogP) is 3.69. The number of halogens is 1. The maximum absolute atomic E-state index is 11.9. The Labute approximate surface area is 135 Å². The molecule has 4 heteroatoms. The third-order valence-electron chi connectivity index (χ3n) is 3.32. The molecule has 0 spiro atoms. The number of aliphatic hydroxyl groups is 1. The molecule has 1 aromatic carbocycles. The first-order valence-corrected chi connectivity index (χ1v) is 7.96. The van der Waals surface area contributed by atoms with Crippen LogP contribution in [0, 0.1) is 12.3 Å². The van der Waals surface area contributed by atoms with E-state index in [1.54, 1.807) is 12.2 Å².